The molecule has 6 aromatic rings. The highest BCUT2D eigenvalue weighted by molar-refractivity contribution is 7.91. The normalized spacial score (nSPS) is 15.7. The van der Waals surface area contributed by atoms with E-state index in [9.17, 15) is 103 Å². The molecule has 0 amide bonds. The second kappa shape index (κ2) is 35.5. The van der Waals surface area contributed by atoms with Crippen molar-refractivity contribution in [2.24, 2.45) is 0 Å². The van der Waals surface area contributed by atoms with Gasteiger partial charge in [0.25, 0.3) is 40.0 Å². The van der Waals surface area contributed by atoms with Crippen LogP contribution in [0.4, 0.5) is 77.0 Å². The molecule has 104 heavy (non-hydrogen) atoms. The van der Waals surface area contributed by atoms with Gasteiger partial charge in [-0.1, -0.05) is 0 Å². The van der Waals surface area contributed by atoms with E-state index in [-0.39, 0.29) is 76.5 Å². The lowest BCUT2D eigenvalue weighted by Crippen LogP contribution is -2.36. The predicted octanol–water partition coefficient (Wildman–Crippen LogP) is 9.58. The maximum Gasteiger partial charge on any atom is 0.272 e. The van der Waals surface area contributed by atoms with Crippen LogP contribution in [0.3, 0.4) is 0 Å². The molecule has 5 fully saturated rings. The molecule has 0 aliphatic carbocycles. The molecular weight excluding hydrogens is 1460 g/mol. The Balaban J connectivity index is 0.000000196. The summed E-state index contributed by atoms with van der Waals surface area (Å²) in [5.41, 5.74) is 4.80. The van der Waals surface area contributed by atoms with E-state index in [0.717, 1.165) is 130 Å². The topological polar surface area (TPSA) is 433 Å². The van der Waals surface area contributed by atoms with Crippen LogP contribution in [0.5, 0.6) is 0 Å². The molecule has 5 heterocycles. The van der Waals surface area contributed by atoms with Crippen LogP contribution >= 0.6 is 0 Å². The number of nitrogens with zero attached hydrogens (tertiary/aromatic N) is 12. The van der Waals surface area contributed by atoms with E-state index < -0.39 is 77.2 Å². The van der Waals surface area contributed by atoms with Gasteiger partial charge in [-0.25, -0.2) is 42.5 Å². The number of halogens is 2. The fraction of sp³-hybridized carbons (Fsp3) is 0.438. The Bertz CT molecular complexity index is 4630. The molecule has 0 radical (unpaired) electrons. The van der Waals surface area contributed by atoms with Gasteiger partial charge >= 0.3 is 0 Å². The van der Waals surface area contributed by atoms with E-state index in [4.69, 9.17) is 9.47 Å². The molecule has 5 aliphatic heterocycles. The number of aryl methyl sites for hydroxylation is 2. The Kier molecular flexibility index (Phi) is 28.4. The largest absolute Gasteiger partial charge is 0.378 e. The summed E-state index contributed by atoms with van der Waals surface area (Å²) in [6, 6.07) is 25.5. The van der Waals surface area contributed by atoms with E-state index in [1.165, 1.54) is 60.2 Å². The van der Waals surface area contributed by atoms with Crippen LogP contribution in [0.1, 0.15) is 43.2 Å². The number of benzene rings is 6. The molecule has 0 aromatic heterocycles. The van der Waals surface area contributed by atoms with Crippen molar-refractivity contribution in [1.82, 2.24) is 0 Å². The molecule has 0 saturated carbocycles. The highest BCUT2D eigenvalue weighted by Gasteiger charge is 2.39. The Morgan fingerprint density at radius 2 is 0.606 bits per heavy atom. The van der Waals surface area contributed by atoms with Gasteiger partial charge in [0.05, 0.1) is 82.1 Å². The van der Waals surface area contributed by atoms with Crippen molar-refractivity contribution in [2.45, 2.75) is 71.5 Å². The Hall–Kier alpha value is -9.90. The van der Waals surface area contributed by atoms with Gasteiger partial charge in [0, 0.05) is 211 Å². The SMILES string of the molecule is CN(C)c1cc([N+](=O)[O-])cc(S(C)(=O)=O)c1.CS(=O)(=O)c1cc(N2CCC(F)(F)C2)cc([N+](=O)[O-])c1.CS(=O)(=O)c1cc(N2CCCC2)cc([N+](=O)[O-])c1.CS(=O)(=O)c1cc(N2CCOCC2)cc([N+](=O)[O-])c1.Cc1cc(N2CCCC2)cc([N+](=O)[O-])c1.Cc1cc(N2CCOCC2)cc([N+](=O)[O-])c1. The number of nitro benzene ring substituents is 6. The lowest BCUT2D eigenvalue weighted by Gasteiger charge is -2.28. The van der Waals surface area contributed by atoms with Crippen LogP contribution in [0.25, 0.3) is 0 Å². The lowest BCUT2D eigenvalue weighted by molar-refractivity contribution is -0.385. The number of ether oxygens (including phenoxy) is 2. The van der Waals surface area contributed by atoms with Gasteiger partial charge in [-0.05, 0) is 87.1 Å². The van der Waals surface area contributed by atoms with E-state index in [2.05, 4.69) is 9.80 Å². The van der Waals surface area contributed by atoms with Crippen molar-refractivity contribution >= 4 is 108 Å². The van der Waals surface area contributed by atoms with Crippen LogP contribution in [-0.4, -0.2) is 200 Å². The Morgan fingerprint density at radius 1 is 0.356 bits per heavy atom. The van der Waals surface area contributed by atoms with E-state index in [0.29, 0.717) is 56.6 Å². The van der Waals surface area contributed by atoms with Gasteiger partial charge in [0.15, 0.2) is 39.3 Å². The van der Waals surface area contributed by atoms with Crippen molar-refractivity contribution in [1.29, 1.82) is 0 Å². The average molecular weight is 1540 g/mol. The molecule has 0 unspecified atom stereocenters. The van der Waals surface area contributed by atoms with E-state index >= 15 is 0 Å². The van der Waals surface area contributed by atoms with Gasteiger partial charge in [-0.3, -0.25) is 60.7 Å². The fourth-order valence-corrected chi connectivity index (χ4v) is 13.6. The third kappa shape index (κ3) is 24.9. The number of sulfone groups is 4. The van der Waals surface area contributed by atoms with Crippen molar-refractivity contribution in [3.63, 3.8) is 0 Å². The smallest absolute Gasteiger partial charge is 0.272 e. The average Bonchev–Trinajstić information content (AvgIpc) is 1.58. The molecule has 6 aromatic carbocycles. The first-order valence-electron chi connectivity index (χ1n) is 31.8. The molecule has 5 aliphatic rings. The standard InChI is InChI=1S/C11H12F2N2O4S.C11H14N2O5S.C11H14N2O4S.C11H14N2O3.C11H14N2O2.C9H12N2O4S/c1-20(18,19)10-5-8(4-9(6-10)15(16)17)14-3-2-11(12,13)7-14;1-19(16,17)11-7-9(6-10(8-11)13(14)15)12-2-4-18-5-3-12;1-18(16,17)11-7-9(12-4-2-3-5-12)6-10(8-11)13(14)15;1-9-6-10(8-11(7-9)13(14)15)12-2-4-16-5-3-12;1-9-6-10(12-4-2-3-5-12)8-11(7-9)13(14)15;1-10(2)7-4-8(11(12)13)6-9(5-7)16(3,14)15/h4-6H,2-3,7H2,1H3;6-8H,2-5H2,1H3;6-8H,2-5H2,1H3;6-8H,2-5H2,1H3;6-8H,2-5H2,1H3;4-6H,1-3H3. The Labute approximate surface area is 598 Å². The zero-order valence-electron chi connectivity index (χ0n) is 58.1. The van der Waals surface area contributed by atoms with Crippen LogP contribution in [0.2, 0.25) is 0 Å². The minimum atomic E-state index is -3.66. The van der Waals surface area contributed by atoms with Crippen LogP contribution in [-0.2, 0) is 48.8 Å². The summed E-state index contributed by atoms with van der Waals surface area (Å²) in [6.07, 6.45) is 8.08. The van der Waals surface area contributed by atoms with Crippen LogP contribution in [0, 0.1) is 74.5 Å². The van der Waals surface area contributed by atoms with E-state index in [1.807, 2.05) is 35.8 Å². The summed E-state index contributed by atoms with van der Waals surface area (Å²) in [4.78, 5) is 72.2. The minimum absolute atomic E-state index is 0.00130. The third-order valence-electron chi connectivity index (χ3n) is 16.3. The molecule has 11 rings (SSSR count). The molecule has 0 bridgehead atoms. The second-order valence-electron chi connectivity index (χ2n) is 24.9. The van der Waals surface area contributed by atoms with Crippen molar-refractivity contribution < 1.29 is 81.5 Å². The number of morpholine rings is 2. The first-order valence-corrected chi connectivity index (χ1v) is 39.4. The number of hydrogen-bond donors (Lipinski definition) is 0. The van der Waals surface area contributed by atoms with Gasteiger partial charge in [0.1, 0.15) is 0 Å². The maximum absolute atomic E-state index is 13.2. The van der Waals surface area contributed by atoms with Crippen molar-refractivity contribution in [3.8, 4) is 0 Å². The summed E-state index contributed by atoms with van der Waals surface area (Å²) >= 11 is 0. The summed E-state index contributed by atoms with van der Waals surface area (Å²) < 4.78 is 129. The zero-order chi connectivity index (χ0) is 77.4. The second-order valence-corrected chi connectivity index (χ2v) is 33.0. The monoisotopic (exact) mass is 1530 g/mol. The molecule has 0 spiro atoms. The number of nitro groups is 6. The van der Waals surface area contributed by atoms with Gasteiger partial charge in [-0.15, -0.1) is 0 Å². The van der Waals surface area contributed by atoms with Gasteiger partial charge in [-0.2, -0.15) is 0 Å². The number of alkyl halides is 2. The molecule has 0 atom stereocenters. The molecule has 40 heteroatoms. The van der Waals surface area contributed by atoms with Crippen LogP contribution in [0.15, 0.2) is 129 Å². The molecule has 5 saturated heterocycles. The summed E-state index contributed by atoms with van der Waals surface area (Å²) in [7, 11) is -10.7. The summed E-state index contributed by atoms with van der Waals surface area (Å²) in [6.45, 7) is 12.0. The van der Waals surface area contributed by atoms with Crippen LogP contribution < -0.4 is 29.4 Å². The first kappa shape index (κ1) is 83.1. The quantitative estimate of drug-likeness (QED) is 0.0642. The zero-order valence-corrected chi connectivity index (χ0v) is 61.3. The van der Waals surface area contributed by atoms with Gasteiger partial charge < -0.3 is 38.9 Å². The molecular formula is C64H80F2N12O22S4. The fourth-order valence-electron chi connectivity index (χ4n) is 11.0. The lowest BCUT2D eigenvalue weighted by atomic mass is 10.1. The van der Waals surface area contributed by atoms with Crippen molar-refractivity contribution in [2.75, 3.05) is 160 Å². The predicted molar refractivity (Wildman–Crippen MR) is 386 cm³/mol. The Morgan fingerprint density at radius 3 is 0.865 bits per heavy atom. The first-order chi connectivity index (χ1) is 48.4. The molecule has 34 nitrogen and oxygen atoms in total. The number of rotatable bonds is 16. The summed E-state index contributed by atoms with van der Waals surface area (Å²) in [5.74, 6) is -2.87. The number of hydrogen-bond acceptors (Lipinski definition) is 28. The molecule has 0 N–H and O–H groups in total. The number of non-ortho nitro benzene ring substituents is 6. The number of anilines is 6. The highest BCUT2D eigenvalue weighted by Crippen LogP contribution is 2.36. The molecule has 566 valence electrons. The maximum atomic E-state index is 13.2. The third-order valence-corrected chi connectivity index (χ3v) is 20.7. The van der Waals surface area contributed by atoms with E-state index in [1.54, 1.807) is 43.3 Å². The highest BCUT2D eigenvalue weighted by atomic mass is 32.2. The summed E-state index contributed by atoms with van der Waals surface area (Å²) in [5, 5.41) is 64.6. The van der Waals surface area contributed by atoms with Crippen molar-refractivity contribution in [3.05, 3.63) is 181 Å². The van der Waals surface area contributed by atoms with Gasteiger partial charge in [0.2, 0.25) is 0 Å². The minimum Gasteiger partial charge on any atom is -0.378 e.